The number of carboxylic acid groups (broad SMARTS) is 1. The van der Waals surface area contributed by atoms with Gasteiger partial charge in [0.15, 0.2) is 5.78 Å². The lowest BCUT2D eigenvalue weighted by atomic mass is 9.96. The Labute approximate surface area is 153 Å². The van der Waals surface area contributed by atoms with Crippen molar-refractivity contribution in [2.45, 2.75) is 44.2 Å². The monoisotopic (exact) mass is 355 g/mol. The molecule has 1 aliphatic carbocycles. The third-order valence-corrected chi connectivity index (χ3v) is 4.35. The summed E-state index contributed by atoms with van der Waals surface area (Å²) in [7, 11) is 0. The minimum absolute atomic E-state index is 0.228. The van der Waals surface area contributed by atoms with E-state index in [4.69, 9.17) is 5.11 Å². The van der Waals surface area contributed by atoms with Gasteiger partial charge in [-0.05, 0) is 18.4 Å². The van der Waals surface area contributed by atoms with Gasteiger partial charge in [0.1, 0.15) is 6.10 Å². The summed E-state index contributed by atoms with van der Waals surface area (Å²) in [5.74, 6) is -0.271. The van der Waals surface area contributed by atoms with Crippen molar-refractivity contribution < 1.29 is 19.8 Å². The van der Waals surface area contributed by atoms with Crippen molar-refractivity contribution in [1.82, 2.24) is 5.32 Å². The molecule has 3 N–H and O–H groups in total. The lowest BCUT2D eigenvalue weighted by Gasteiger charge is -2.20. The van der Waals surface area contributed by atoms with Crippen molar-refractivity contribution in [2.24, 2.45) is 0 Å². The number of amides is 1. The van der Waals surface area contributed by atoms with Crippen molar-refractivity contribution in [3.05, 3.63) is 71.8 Å². The molecule has 0 radical (unpaired) electrons. The van der Waals surface area contributed by atoms with E-state index in [0.29, 0.717) is 11.1 Å². The first kappa shape index (κ1) is 19.7. The molecule has 1 saturated carbocycles. The molecule has 0 saturated heterocycles. The summed E-state index contributed by atoms with van der Waals surface area (Å²) < 4.78 is 0. The first-order valence-corrected chi connectivity index (χ1v) is 8.89. The van der Waals surface area contributed by atoms with Gasteiger partial charge in [0.05, 0.1) is 0 Å². The van der Waals surface area contributed by atoms with Crippen LogP contribution in [0.3, 0.4) is 0 Å². The lowest BCUT2D eigenvalue weighted by Crippen LogP contribution is -2.34. The normalized spacial score (nSPS) is 15.3. The van der Waals surface area contributed by atoms with Gasteiger partial charge in [0.2, 0.25) is 0 Å². The van der Waals surface area contributed by atoms with Crippen molar-refractivity contribution >= 4 is 11.9 Å². The minimum atomic E-state index is -1.08. The first-order valence-electron chi connectivity index (χ1n) is 8.89. The summed E-state index contributed by atoms with van der Waals surface area (Å²) in [6, 6.07) is 18.0. The SMILES string of the molecule is O=C(O)NC1CCCCC1.O=C(c1ccccc1)C(O)c1ccccc1. The van der Waals surface area contributed by atoms with Crippen LogP contribution in [0.15, 0.2) is 60.7 Å². The van der Waals surface area contributed by atoms with Crippen molar-refractivity contribution in [3.63, 3.8) is 0 Å². The van der Waals surface area contributed by atoms with Crippen molar-refractivity contribution in [1.29, 1.82) is 0 Å². The molecule has 2 aromatic rings. The van der Waals surface area contributed by atoms with Gasteiger partial charge in [-0.25, -0.2) is 4.79 Å². The van der Waals surface area contributed by atoms with Gasteiger partial charge >= 0.3 is 6.09 Å². The number of aliphatic hydroxyl groups excluding tert-OH is 1. The predicted molar refractivity (Wildman–Crippen MR) is 100 cm³/mol. The van der Waals surface area contributed by atoms with Crippen LogP contribution >= 0.6 is 0 Å². The molecule has 3 rings (SSSR count). The number of aliphatic hydroxyl groups is 1. The van der Waals surface area contributed by atoms with Crippen molar-refractivity contribution in [2.75, 3.05) is 0 Å². The highest BCUT2D eigenvalue weighted by molar-refractivity contribution is 5.99. The summed E-state index contributed by atoms with van der Waals surface area (Å²) in [6.07, 6.45) is 3.68. The van der Waals surface area contributed by atoms with Crippen LogP contribution < -0.4 is 5.32 Å². The molecule has 0 spiro atoms. The fourth-order valence-electron chi connectivity index (χ4n) is 2.97. The van der Waals surface area contributed by atoms with Gasteiger partial charge in [-0.1, -0.05) is 79.9 Å². The topological polar surface area (TPSA) is 86.6 Å². The first-order chi connectivity index (χ1) is 12.6. The number of benzene rings is 2. The Hall–Kier alpha value is -2.66. The summed E-state index contributed by atoms with van der Waals surface area (Å²) in [5.41, 5.74) is 1.15. The fourth-order valence-corrected chi connectivity index (χ4v) is 2.97. The summed E-state index contributed by atoms with van der Waals surface area (Å²) in [6.45, 7) is 0. The number of Topliss-reactive ketones (excluding diaryl/α,β-unsaturated/α-hetero) is 1. The Morgan fingerprint density at radius 1 is 0.885 bits per heavy atom. The average molecular weight is 355 g/mol. The van der Waals surface area contributed by atoms with Gasteiger partial charge in [-0.2, -0.15) is 0 Å². The van der Waals surface area contributed by atoms with E-state index in [-0.39, 0.29) is 11.8 Å². The van der Waals surface area contributed by atoms with Crippen LogP contribution in [0.2, 0.25) is 0 Å². The highest BCUT2D eigenvalue weighted by Gasteiger charge is 2.18. The molecule has 5 nitrogen and oxygen atoms in total. The zero-order chi connectivity index (χ0) is 18.8. The Morgan fingerprint density at radius 3 is 1.96 bits per heavy atom. The van der Waals surface area contributed by atoms with Crippen LogP contribution in [0.1, 0.15) is 54.1 Å². The third kappa shape index (κ3) is 6.33. The molecule has 2 aromatic carbocycles. The van der Waals surface area contributed by atoms with Gasteiger partial charge in [0.25, 0.3) is 0 Å². The van der Waals surface area contributed by atoms with E-state index in [1.807, 2.05) is 12.1 Å². The number of rotatable bonds is 4. The smallest absolute Gasteiger partial charge is 0.404 e. The second-order valence-corrected chi connectivity index (χ2v) is 6.33. The highest BCUT2D eigenvalue weighted by Crippen LogP contribution is 2.18. The Bertz CT molecular complexity index is 682. The van der Waals surface area contributed by atoms with E-state index < -0.39 is 12.2 Å². The minimum Gasteiger partial charge on any atom is -0.465 e. The number of hydrogen-bond acceptors (Lipinski definition) is 3. The predicted octanol–water partition coefficient (Wildman–Crippen LogP) is 4.19. The van der Waals surface area contributed by atoms with Crippen LogP contribution in [-0.4, -0.2) is 28.1 Å². The largest absolute Gasteiger partial charge is 0.465 e. The molecule has 0 aromatic heterocycles. The fraction of sp³-hybridized carbons (Fsp3) is 0.333. The Balaban J connectivity index is 0.000000209. The zero-order valence-corrected chi connectivity index (χ0v) is 14.7. The summed E-state index contributed by atoms with van der Waals surface area (Å²) in [4.78, 5) is 22.1. The standard InChI is InChI=1S/C14H12O2.C7H13NO2/c15-13(11-7-3-1-4-8-11)14(16)12-9-5-2-6-10-12;9-7(10)8-6-4-2-1-3-5-6/h1-10,13,15H;6,8H,1-5H2,(H,9,10). The molecular weight excluding hydrogens is 330 g/mol. The van der Waals surface area contributed by atoms with Crippen LogP contribution in [0.5, 0.6) is 0 Å². The molecule has 26 heavy (non-hydrogen) atoms. The van der Waals surface area contributed by atoms with Gasteiger partial charge < -0.3 is 15.5 Å². The number of carbonyl (C=O) groups is 2. The van der Waals surface area contributed by atoms with Crippen LogP contribution in [0.4, 0.5) is 4.79 Å². The number of nitrogens with one attached hydrogen (secondary N) is 1. The molecule has 1 atom stereocenters. The summed E-state index contributed by atoms with van der Waals surface area (Å²) >= 11 is 0. The molecular formula is C21H25NO4. The Morgan fingerprint density at radius 2 is 1.42 bits per heavy atom. The molecule has 1 fully saturated rings. The number of carbonyl (C=O) groups excluding carboxylic acids is 1. The molecule has 0 bridgehead atoms. The maximum atomic E-state index is 11.9. The van der Waals surface area contributed by atoms with Crippen LogP contribution in [-0.2, 0) is 0 Å². The average Bonchev–Trinajstić information content (AvgIpc) is 2.69. The van der Waals surface area contributed by atoms with E-state index in [0.717, 1.165) is 12.8 Å². The van der Waals surface area contributed by atoms with E-state index >= 15 is 0 Å². The molecule has 1 aliphatic rings. The van der Waals surface area contributed by atoms with Crippen LogP contribution in [0.25, 0.3) is 0 Å². The second kappa shape index (κ2) is 10.4. The maximum absolute atomic E-state index is 11.9. The van der Waals surface area contributed by atoms with E-state index in [1.165, 1.54) is 19.3 Å². The third-order valence-electron chi connectivity index (χ3n) is 4.35. The van der Waals surface area contributed by atoms with Gasteiger partial charge in [-0.3, -0.25) is 4.79 Å². The van der Waals surface area contributed by atoms with Crippen molar-refractivity contribution in [3.8, 4) is 0 Å². The maximum Gasteiger partial charge on any atom is 0.404 e. The second-order valence-electron chi connectivity index (χ2n) is 6.33. The molecule has 5 heteroatoms. The molecule has 1 amide bonds. The van der Waals surface area contributed by atoms with Crippen LogP contribution in [0, 0.1) is 0 Å². The van der Waals surface area contributed by atoms with E-state index in [2.05, 4.69) is 5.32 Å². The lowest BCUT2D eigenvalue weighted by molar-refractivity contribution is 0.0747. The Kier molecular flexibility index (Phi) is 7.83. The van der Waals surface area contributed by atoms with E-state index in [1.54, 1.807) is 48.5 Å². The molecule has 138 valence electrons. The molecule has 0 aliphatic heterocycles. The van der Waals surface area contributed by atoms with E-state index in [9.17, 15) is 14.7 Å². The van der Waals surface area contributed by atoms with Gasteiger partial charge in [-0.15, -0.1) is 0 Å². The quantitative estimate of drug-likeness (QED) is 0.718. The molecule has 0 heterocycles. The van der Waals surface area contributed by atoms with Gasteiger partial charge in [0, 0.05) is 11.6 Å². The number of hydrogen-bond donors (Lipinski definition) is 3. The zero-order valence-electron chi connectivity index (χ0n) is 14.7. The summed E-state index contributed by atoms with van der Waals surface area (Å²) in [5, 5.41) is 20.7. The molecule has 1 unspecified atom stereocenters. The number of ketones is 1. The highest BCUT2D eigenvalue weighted by atomic mass is 16.4.